The van der Waals surface area contributed by atoms with E-state index in [1.165, 1.54) is 18.4 Å². The van der Waals surface area contributed by atoms with Crippen molar-refractivity contribution in [3.05, 3.63) is 75.4 Å². The van der Waals surface area contributed by atoms with Gasteiger partial charge in [0.1, 0.15) is 12.4 Å². The molecule has 3 aromatic heterocycles. The summed E-state index contributed by atoms with van der Waals surface area (Å²) in [6, 6.07) is 13.4. The fraction of sp³-hybridized carbons (Fsp3) is 0.419. The number of methoxy groups -OCH3 is 1. The van der Waals surface area contributed by atoms with Crippen molar-refractivity contribution in [1.82, 2.24) is 19.4 Å². The highest BCUT2D eigenvalue weighted by molar-refractivity contribution is 7.12. The molecule has 0 bridgehead atoms. The van der Waals surface area contributed by atoms with Crippen molar-refractivity contribution in [2.75, 3.05) is 26.8 Å². The van der Waals surface area contributed by atoms with Gasteiger partial charge in [0.25, 0.3) is 0 Å². The average molecular weight is 575 g/mol. The molecule has 0 N–H and O–H groups in total. The van der Waals surface area contributed by atoms with Crippen LogP contribution < -0.4 is 4.74 Å². The van der Waals surface area contributed by atoms with Crippen LogP contribution in [-0.4, -0.2) is 64.1 Å². The number of likely N-dealkylation sites (tertiary alicyclic amines) is 1. The Hall–Kier alpha value is -3.60. The summed E-state index contributed by atoms with van der Waals surface area (Å²) < 4.78 is 18.8. The number of Topliss-reactive ketones (excluding diaryl/α,β-unsaturated/α-hetero) is 1. The van der Waals surface area contributed by atoms with E-state index in [-0.39, 0.29) is 17.9 Å². The molecule has 2 saturated heterocycles. The number of nitrogens with zero attached hydrogens (tertiary/aromatic N) is 4. The number of esters is 1. The van der Waals surface area contributed by atoms with Crippen LogP contribution in [0.3, 0.4) is 0 Å². The van der Waals surface area contributed by atoms with Gasteiger partial charge in [0, 0.05) is 29.8 Å². The van der Waals surface area contributed by atoms with Crippen molar-refractivity contribution >= 4 is 34.1 Å². The van der Waals surface area contributed by atoms with Gasteiger partial charge in [-0.1, -0.05) is 6.07 Å². The molecule has 0 saturated carbocycles. The number of thiophene rings is 1. The summed E-state index contributed by atoms with van der Waals surface area (Å²) in [6.45, 7) is 6.12. The molecule has 0 aliphatic carbocycles. The molecule has 2 aliphatic heterocycles. The number of pyridine rings is 1. The smallest absolute Gasteiger partial charge is 0.337 e. The highest BCUT2D eigenvalue weighted by atomic mass is 32.1. The number of fused-ring (bicyclic) bond motifs is 1. The number of carbonyl (C=O) groups is 2. The minimum atomic E-state index is -0.347. The fourth-order valence-corrected chi connectivity index (χ4v) is 6.29. The quantitative estimate of drug-likeness (QED) is 0.188. The van der Waals surface area contributed by atoms with E-state index < -0.39 is 0 Å². The zero-order valence-electron chi connectivity index (χ0n) is 23.4. The van der Waals surface area contributed by atoms with Crippen LogP contribution in [0.4, 0.5) is 0 Å². The lowest BCUT2D eigenvalue weighted by atomic mass is 9.93. The van der Waals surface area contributed by atoms with Gasteiger partial charge < -0.3 is 18.8 Å². The summed E-state index contributed by atoms with van der Waals surface area (Å²) in [5.74, 6) is 1.69. The monoisotopic (exact) mass is 574 g/mol. The number of hydrogen-bond acceptors (Lipinski definition) is 9. The van der Waals surface area contributed by atoms with Crippen LogP contribution in [-0.2, 0) is 29.2 Å². The van der Waals surface area contributed by atoms with Crippen molar-refractivity contribution in [3.8, 4) is 5.88 Å². The third-order valence-electron chi connectivity index (χ3n) is 7.93. The first-order valence-corrected chi connectivity index (χ1v) is 14.9. The molecule has 5 heterocycles. The van der Waals surface area contributed by atoms with Gasteiger partial charge in [0.05, 0.1) is 47.8 Å². The van der Waals surface area contributed by atoms with E-state index in [9.17, 15) is 9.59 Å². The summed E-state index contributed by atoms with van der Waals surface area (Å²) in [6.07, 6.45) is 3.21. The Balaban J connectivity index is 1.10. The van der Waals surface area contributed by atoms with E-state index in [0.29, 0.717) is 24.0 Å². The Morgan fingerprint density at radius 3 is 2.63 bits per heavy atom. The predicted octanol–water partition coefficient (Wildman–Crippen LogP) is 5.23. The summed E-state index contributed by atoms with van der Waals surface area (Å²) in [7, 11) is 1.40. The second-order valence-electron chi connectivity index (χ2n) is 10.7. The zero-order chi connectivity index (χ0) is 28.3. The van der Waals surface area contributed by atoms with Gasteiger partial charge in [0.15, 0.2) is 5.78 Å². The molecule has 1 aromatic carbocycles. The fourth-order valence-electron chi connectivity index (χ4n) is 5.49. The number of piperidine rings is 1. The normalized spacial score (nSPS) is 17.9. The van der Waals surface area contributed by atoms with Gasteiger partial charge in [0.2, 0.25) is 5.88 Å². The maximum absolute atomic E-state index is 12.2. The van der Waals surface area contributed by atoms with Crippen molar-refractivity contribution in [2.45, 2.75) is 57.9 Å². The second kappa shape index (κ2) is 12.1. The van der Waals surface area contributed by atoms with Crippen LogP contribution in [0.15, 0.2) is 47.8 Å². The van der Waals surface area contributed by atoms with Gasteiger partial charge in [-0.05, 0) is 75.0 Å². The third kappa shape index (κ3) is 6.19. The van der Waals surface area contributed by atoms with Crippen molar-refractivity contribution in [2.24, 2.45) is 0 Å². The van der Waals surface area contributed by atoms with Crippen LogP contribution in [0.5, 0.6) is 5.88 Å². The third-order valence-corrected chi connectivity index (χ3v) is 9.01. The molecule has 9 nitrogen and oxygen atoms in total. The topological polar surface area (TPSA) is 95.8 Å². The SMILES string of the molecule is COC(=O)c1ccc2nc(CN3CCC(c4cccc(OCc5csc(C(C)=O)c5)n4)CC3)n(C[C@@H]3CCO3)c2c1. The summed E-state index contributed by atoms with van der Waals surface area (Å²) in [5, 5.41) is 1.96. The second-order valence-corrected chi connectivity index (χ2v) is 11.6. The molecule has 2 fully saturated rings. The molecule has 0 radical (unpaired) electrons. The molecule has 4 aromatic rings. The number of benzene rings is 1. The van der Waals surface area contributed by atoms with E-state index in [2.05, 4.69) is 15.5 Å². The summed E-state index contributed by atoms with van der Waals surface area (Å²) in [4.78, 5) is 36.7. The number of imidazole rings is 1. The van der Waals surface area contributed by atoms with E-state index in [0.717, 1.165) is 85.0 Å². The predicted molar refractivity (Wildman–Crippen MR) is 156 cm³/mol. The van der Waals surface area contributed by atoms with Gasteiger partial charge in [-0.3, -0.25) is 9.69 Å². The Kier molecular flexibility index (Phi) is 8.13. The van der Waals surface area contributed by atoms with Crippen LogP contribution in [0.1, 0.15) is 69.2 Å². The molecular formula is C31H34N4O5S. The Labute approximate surface area is 243 Å². The van der Waals surface area contributed by atoms with E-state index >= 15 is 0 Å². The zero-order valence-corrected chi connectivity index (χ0v) is 24.2. The number of hydrogen-bond donors (Lipinski definition) is 0. The van der Waals surface area contributed by atoms with Gasteiger partial charge in [-0.2, -0.15) is 0 Å². The van der Waals surface area contributed by atoms with Gasteiger partial charge in [-0.15, -0.1) is 11.3 Å². The van der Waals surface area contributed by atoms with Crippen LogP contribution >= 0.6 is 11.3 Å². The molecule has 0 amide bonds. The number of ketones is 1. The number of rotatable bonds is 10. The van der Waals surface area contributed by atoms with Crippen molar-refractivity contribution in [3.63, 3.8) is 0 Å². The van der Waals surface area contributed by atoms with Crippen LogP contribution in [0.25, 0.3) is 11.0 Å². The molecule has 0 spiro atoms. The van der Waals surface area contributed by atoms with Gasteiger partial charge >= 0.3 is 5.97 Å². The number of aromatic nitrogens is 3. The summed E-state index contributed by atoms with van der Waals surface area (Å²) >= 11 is 1.45. The standard InChI is InChI=1S/C31H34N4O5S/c1-20(36)28-14-21(19-41-28)18-40-30-5-3-4-25(33-30)22-8-11-34(12-9-22)17-29-32-26-7-6-23(31(37)38-2)15-27(26)35(29)16-24-10-13-39-24/h3-7,14-15,19,22,24H,8-13,16-18H2,1-2H3/t24-/m0/s1. The maximum atomic E-state index is 12.2. The minimum Gasteiger partial charge on any atom is -0.473 e. The highest BCUT2D eigenvalue weighted by Gasteiger charge is 2.26. The van der Waals surface area contributed by atoms with Gasteiger partial charge in [-0.25, -0.2) is 14.8 Å². The van der Waals surface area contributed by atoms with E-state index in [1.807, 2.05) is 35.7 Å². The molecule has 6 rings (SSSR count). The van der Waals surface area contributed by atoms with E-state index in [1.54, 1.807) is 13.0 Å². The molecular weight excluding hydrogens is 540 g/mol. The Morgan fingerprint density at radius 1 is 1.10 bits per heavy atom. The van der Waals surface area contributed by atoms with Crippen molar-refractivity contribution in [1.29, 1.82) is 0 Å². The first-order valence-electron chi connectivity index (χ1n) is 14.1. The summed E-state index contributed by atoms with van der Waals surface area (Å²) in [5.41, 5.74) is 4.38. The maximum Gasteiger partial charge on any atom is 0.337 e. The highest BCUT2D eigenvalue weighted by Crippen LogP contribution is 2.30. The lowest BCUT2D eigenvalue weighted by molar-refractivity contribution is -0.0592. The number of carbonyl (C=O) groups excluding carboxylic acids is 2. The Bertz CT molecular complexity index is 1550. The Morgan fingerprint density at radius 2 is 1.93 bits per heavy atom. The first-order chi connectivity index (χ1) is 20.0. The number of ether oxygens (including phenoxy) is 3. The lowest BCUT2D eigenvalue weighted by Gasteiger charge is -2.32. The average Bonchev–Trinajstić information content (AvgIpc) is 3.58. The molecule has 2 aliphatic rings. The van der Waals surface area contributed by atoms with Crippen molar-refractivity contribution < 1.29 is 23.8 Å². The molecule has 1 atom stereocenters. The first kappa shape index (κ1) is 27.6. The molecule has 0 unspecified atom stereocenters. The van der Waals surface area contributed by atoms with Crippen LogP contribution in [0, 0.1) is 0 Å². The molecule has 41 heavy (non-hydrogen) atoms. The lowest BCUT2D eigenvalue weighted by Crippen LogP contribution is -2.35. The van der Waals surface area contributed by atoms with E-state index in [4.69, 9.17) is 24.2 Å². The molecule has 214 valence electrons. The molecule has 10 heteroatoms. The minimum absolute atomic E-state index is 0.0741. The largest absolute Gasteiger partial charge is 0.473 e. The van der Waals surface area contributed by atoms with Crippen LogP contribution in [0.2, 0.25) is 0 Å².